The van der Waals surface area contributed by atoms with Gasteiger partial charge < -0.3 is 11.1 Å². The molecule has 0 aliphatic carbocycles. The van der Waals surface area contributed by atoms with E-state index in [4.69, 9.17) is 17.3 Å². The molecule has 0 saturated carbocycles. The number of aromatic nitrogens is 1. The smallest absolute Gasteiger partial charge is 0.143 e. The van der Waals surface area contributed by atoms with Crippen molar-refractivity contribution in [2.45, 2.75) is 13.5 Å². The van der Waals surface area contributed by atoms with Gasteiger partial charge in [0.2, 0.25) is 0 Å². The van der Waals surface area contributed by atoms with E-state index in [1.54, 1.807) is 17.5 Å². The van der Waals surface area contributed by atoms with Crippen LogP contribution in [0.15, 0.2) is 18.3 Å². The molecule has 0 amide bonds. The van der Waals surface area contributed by atoms with Crippen LogP contribution in [-0.2, 0) is 6.54 Å². The number of thiazole rings is 1. The van der Waals surface area contributed by atoms with Crippen molar-refractivity contribution >= 4 is 34.3 Å². The number of hydrogen-bond acceptors (Lipinski definition) is 4. The van der Waals surface area contributed by atoms with Crippen LogP contribution in [0.25, 0.3) is 0 Å². The number of nitrogen functional groups attached to an aromatic ring is 1. The summed E-state index contributed by atoms with van der Waals surface area (Å²) in [6, 6.07) is 2.70. The third kappa shape index (κ3) is 2.87. The molecule has 1 aromatic carbocycles. The van der Waals surface area contributed by atoms with Crippen molar-refractivity contribution in [2.75, 3.05) is 11.1 Å². The van der Waals surface area contributed by atoms with Crippen LogP contribution in [0.2, 0.25) is 5.02 Å². The molecule has 1 heterocycles. The average Bonchev–Trinajstić information content (AvgIpc) is 2.68. The molecule has 90 valence electrons. The summed E-state index contributed by atoms with van der Waals surface area (Å²) in [5.74, 6) is -0.511. The average molecular weight is 272 g/mol. The standard InChI is InChI=1S/C11H11ClFN3S/c1-6-15-4-7(17-6)5-16-11-2-8(12)9(13)3-10(11)14/h2-4,16H,5,14H2,1H3. The molecule has 17 heavy (non-hydrogen) atoms. The zero-order valence-corrected chi connectivity index (χ0v) is 10.7. The summed E-state index contributed by atoms with van der Waals surface area (Å²) in [6.07, 6.45) is 1.80. The van der Waals surface area contributed by atoms with E-state index in [2.05, 4.69) is 10.3 Å². The Balaban J connectivity index is 2.11. The molecule has 2 aromatic rings. The van der Waals surface area contributed by atoms with Gasteiger partial charge in [0.25, 0.3) is 0 Å². The Bertz CT molecular complexity index is 542. The van der Waals surface area contributed by atoms with E-state index in [1.165, 1.54) is 12.1 Å². The third-order valence-corrected chi connectivity index (χ3v) is 3.42. The van der Waals surface area contributed by atoms with Crippen LogP contribution in [0.3, 0.4) is 0 Å². The Labute approximate surface area is 107 Å². The quantitative estimate of drug-likeness (QED) is 0.841. The highest BCUT2D eigenvalue weighted by atomic mass is 35.5. The van der Waals surface area contributed by atoms with Gasteiger partial charge in [0, 0.05) is 17.1 Å². The van der Waals surface area contributed by atoms with E-state index in [9.17, 15) is 4.39 Å². The molecular weight excluding hydrogens is 261 g/mol. The van der Waals surface area contributed by atoms with Gasteiger partial charge >= 0.3 is 0 Å². The fourth-order valence-corrected chi connectivity index (χ4v) is 2.28. The van der Waals surface area contributed by atoms with Crippen molar-refractivity contribution in [3.63, 3.8) is 0 Å². The molecule has 0 radical (unpaired) electrons. The number of halogens is 2. The second kappa shape index (κ2) is 4.89. The van der Waals surface area contributed by atoms with Crippen molar-refractivity contribution in [1.29, 1.82) is 0 Å². The molecule has 3 nitrogen and oxygen atoms in total. The molecule has 0 fully saturated rings. The van der Waals surface area contributed by atoms with Crippen LogP contribution in [0.1, 0.15) is 9.88 Å². The van der Waals surface area contributed by atoms with Crippen molar-refractivity contribution in [1.82, 2.24) is 4.98 Å². The van der Waals surface area contributed by atoms with Crippen molar-refractivity contribution < 1.29 is 4.39 Å². The minimum atomic E-state index is -0.511. The number of benzene rings is 1. The maximum Gasteiger partial charge on any atom is 0.143 e. The summed E-state index contributed by atoms with van der Waals surface area (Å²) in [5, 5.41) is 4.17. The van der Waals surface area contributed by atoms with Gasteiger partial charge in [-0.15, -0.1) is 11.3 Å². The summed E-state index contributed by atoms with van der Waals surface area (Å²) in [7, 11) is 0. The van der Waals surface area contributed by atoms with Gasteiger partial charge in [0.15, 0.2) is 0 Å². The molecule has 0 bridgehead atoms. The number of hydrogen-bond donors (Lipinski definition) is 2. The Morgan fingerprint density at radius 3 is 2.94 bits per heavy atom. The first-order chi connectivity index (χ1) is 8.06. The van der Waals surface area contributed by atoms with Gasteiger partial charge in [-0.2, -0.15) is 0 Å². The van der Waals surface area contributed by atoms with E-state index in [0.717, 1.165) is 9.88 Å². The zero-order chi connectivity index (χ0) is 12.4. The Hall–Kier alpha value is -1.33. The Morgan fingerprint density at radius 1 is 1.53 bits per heavy atom. The summed E-state index contributed by atoms with van der Waals surface area (Å²) < 4.78 is 13.1. The van der Waals surface area contributed by atoms with Crippen molar-refractivity contribution in [3.05, 3.63) is 39.1 Å². The second-order valence-electron chi connectivity index (χ2n) is 3.55. The van der Waals surface area contributed by atoms with E-state index >= 15 is 0 Å². The Kier molecular flexibility index (Phi) is 3.49. The number of nitrogens with one attached hydrogen (secondary N) is 1. The molecule has 0 saturated heterocycles. The monoisotopic (exact) mass is 271 g/mol. The van der Waals surface area contributed by atoms with Gasteiger partial charge in [-0.25, -0.2) is 9.37 Å². The van der Waals surface area contributed by atoms with E-state index in [-0.39, 0.29) is 5.02 Å². The van der Waals surface area contributed by atoms with E-state index in [1.807, 2.05) is 6.92 Å². The van der Waals surface area contributed by atoms with Crippen LogP contribution in [0.5, 0.6) is 0 Å². The van der Waals surface area contributed by atoms with Gasteiger partial charge in [0.05, 0.1) is 27.9 Å². The minimum absolute atomic E-state index is 0.0576. The molecule has 3 N–H and O–H groups in total. The fraction of sp³-hybridized carbons (Fsp3) is 0.182. The Morgan fingerprint density at radius 2 is 2.29 bits per heavy atom. The topological polar surface area (TPSA) is 50.9 Å². The summed E-state index contributed by atoms with van der Waals surface area (Å²) in [6.45, 7) is 2.54. The molecule has 6 heteroatoms. The lowest BCUT2D eigenvalue weighted by atomic mass is 10.2. The lowest BCUT2D eigenvalue weighted by Crippen LogP contribution is -2.02. The van der Waals surface area contributed by atoms with Gasteiger partial charge in [-0.1, -0.05) is 11.6 Å². The van der Waals surface area contributed by atoms with Crippen LogP contribution in [0.4, 0.5) is 15.8 Å². The molecule has 0 spiro atoms. The third-order valence-electron chi connectivity index (χ3n) is 2.21. The van der Waals surface area contributed by atoms with Crippen LogP contribution in [-0.4, -0.2) is 4.98 Å². The van der Waals surface area contributed by atoms with Gasteiger partial charge in [0.1, 0.15) is 5.82 Å². The normalized spacial score (nSPS) is 10.5. The van der Waals surface area contributed by atoms with Gasteiger partial charge in [-0.05, 0) is 13.0 Å². The number of aryl methyl sites for hydroxylation is 1. The van der Waals surface area contributed by atoms with Crippen molar-refractivity contribution in [2.24, 2.45) is 0 Å². The van der Waals surface area contributed by atoms with Crippen LogP contribution >= 0.6 is 22.9 Å². The SMILES string of the molecule is Cc1ncc(CNc2cc(Cl)c(F)cc2N)s1. The summed E-state index contributed by atoms with van der Waals surface area (Å²) >= 11 is 7.29. The van der Waals surface area contributed by atoms with Crippen LogP contribution < -0.4 is 11.1 Å². The molecule has 0 aliphatic heterocycles. The molecule has 0 unspecified atom stereocenters. The maximum atomic E-state index is 13.1. The minimum Gasteiger partial charge on any atom is -0.397 e. The number of nitrogens with two attached hydrogens (primary N) is 1. The first-order valence-corrected chi connectivity index (χ1v) is 6.15. The van der Waals surface area contributed by atoms with E-state index in [0.29, 0.717) is 17.9 Å². The van der Waals surface area contributed by atoms with Crippen molar-refractivity contribution in [3.8, 4) is 0 Å². The molecule has 0 aliphatic rings. The summed E-state index contributed by atoms with van der Waals surface area (Å²) in [4.78, 5) is 5.23. The van der Waals surface area contributed by atoms with Crippen LogP contribution in [0, 0.1) is 12.7 Å². The zero-order valence-electron chi connectivity index (χ0n) is 9.13. The highest BCUT2D eigenvalue weighted by molar-refractivity contribution is 7.11. The van der Waals surface area contributed by atoms with Gasteiger partial charge in [-0.3, -0.25) is 0 Å². The number of anilines is 2. The molecule has 1 aromatic heterocycles. The molecular formula is C11H11ClFN3S. The first-order valence-electron chi connectivity index (χ1n) is 4.96. The molecule has 2 rings (SSSR count). The lowest BCUT2D eigenvalue weighted by Gasteiger charge is -2.09. The molecule has 0 atom stereocenters. The number of rotatable bonds is 3. The second-order valence-corrected chi connectivity index (χ2v) is 5.28. The highest BCUT2D eigenvalue weighted by Crippen LogP contribution is 2.27. The predicted molar refractivity (Wildman–Crippen MR) is 70.0 cm³/mol. The largest absolute Gasteiger partial charge is 0.397 e. The summed E-state index contributed by atoms with van der Waals surface area (Å²) in [5.41, 5.74) is 6.65. The maximum absolute atomic E-state index is 13.1. The lowest BCUT2D eigenvalue weighted by molar-refractivity contribution is 0.629. The highest BCUT2D eigenvalue weighted by Gasteiger charge is 2.06. The fourth-order valence-electron chi connectivity index (χ4n) is 1.38. The first kappa shape index (κ1) is 12.1. The predicted octanol–water partition coefficient (Wildman–Crippen LogP) is 3.44. The number of nitrogens with zero attached hydrogens (tertiary/aromatic N) is 1. The van der Waals surface area contributed by atoms with E-state index < -0.39 is 5.82 Å².